The van der Waals surface area contributed by atoms with Crippen molar-refractivity contribution >= 4 is 34.0 Å². The first-order valence-electron chi connectivity index (χ1n) is 10.1. The summed E-state index contributed by atoms with van der Waals surface area (Å²) in [5.41, 5.74) is 3.57. The zero-order chi connectivity index (χ0) is 20.9. The molecule has 7 heteroatoms. The molecule has 156 valence electrons. The van der Waals surface area contributed by atoms with E-state index in [0.29, 0.717) is 5.13 Å². The van der Waals surface area contributed by atoms with Gasteiger partial charge in [0.25, 0.3) is 0 Å². The molecule has 30 heavy (non-hydrogen) atoms. The van der Waals surface area contributed by atoms with Crippen LogP contribution in [0.15, 0.2) is 60.0 Å². The van der Waals surface area contributed by atoms with Crippen molar-refractivity contribution in [1.82, 2.24) is 14.8 Å². The van der Waals surface area contributed by atoms with E-state index in [1.807, 2.05) is 17.5 Å². The maximum atomic E-state index is 11.2. The van der Waals surface area contributed by atoms with E-state index in [2.05, 4.69) is 62.6 Å². The number of halogens is 1. The molecule has 0 bridgehead atoms. The first-order valence-corrected chi connectivity index (χ1v) is 11.3. The zero-order valence-electron chi connectivity index (χ0n) is 16.9. The molecule has 3 aromatic rings. The minimum atomic E-state index is -0.0846. The van der Waals surface area contributed by atoms with E-state index in [-0.39, 0.29) is 11.9 Å². The van der Waals surface area contributed by atoms with Crippen LogP contribution in [0.2, 0.25) is 5.02 Å². The van der Waals surface area contributed by atoms with E-state index < -0.39 is 0 Å². The topological polar surface area (TPSA) is 48.5 Å². The molecule has 1 saturated heterocycles. The Morgan fingerprint density at radius 2 is 1.73 bits per heavy atom. The van der Waals surface area contributed by atoms with E-state index >= 15 is 0 Å². The van der Waals surface area contributed by atoms with Gasteiger partial charge >= 0.3 is 0 Å². The van der Waals surface area contributed by atoms with Crippen molar-refractivity contribution in [3.8, 4) is 0 Å². The summed E-state index contributed by atoms with van der Waals surface area (Å²) in [7, 11) is 0. The minimum Gasteiger partial charge on any atom is -0.302 e. The molecule has 1 aliphatic rings. The van der Waals surface area contributed by atoms with Crippen LogP contribution in [-0.2, 0) is 11.3 Å². The third-order valence-electron chi connectivity index (χ3n) is 5.29. The molecular formula is C23H25ClN4OS. The maximum Gasteiger partial charge on any atom is 0.223 e. The number of carbonyl (C=O) groups excluding carboxylic acids is 1. The lowest BCUT2D eigenvalue weighted by Crippen LogP contribution is -2.47. The van der Waals surface area contributed by atoms with Crippen LogP contribution < -0.4 is 5.32 Å². The van der Waals surface area contributed by atoms with Gasteiger partial charge in [0, 0.05) is 50.1 Å². The summed E-state index contributed by atoms with van der Waals surface area (Å²) in [5.74, 6) is -0.0846. The Morgan fingerprint density at radius 3 is 2.40 bits per heavy atom. The summed E-state index contributed by atoms with van der Waals surface area (Å²) < 4.78 is 0. The fourth-order valence-corrected chi connectivity index (χ4v) is 4.76. The maximum absolute atomic E-state index is 11.2. The van der Waals surface area contributed by atoms with Crippen LogP contribution in [0.25, 0.3) is 0 Å². The van der Waals surface area contributed by atoms with Crippen LogP contribution in [-0.4, -0.2) is 46.9 Å². The highest BCUT2D eigenvalue weighted by molar-refractivity contribution is 7.13. The van der Waals surface area contributed by atoms with E-state index in [1.54, 1.807) is 0 Å². The molecule has 1 aliphatic heterocycles. The molecule has 1 amide bonds. The number of nitrogens with zero attached hydrogens (tertiary/aromatic N) is 3. The molecule has 0 aliphatic carbocycles. The molecule has 5 nitrogen and oxygen atoms in total. The number of benzene rings is 2. The van der Waals surface area contributed by atoms with Gasteiger partial charge in [-0.25, -0.2) is 4.98 Å². The van der Waals surface area contributed by atoms with Crippen molar-refractivity contribution in [2.45, 2.75) is 19.5 Å². The number of rotatable bonds is 6. The van der Waals surface area contributed by atoms with Gasteiger partial charge in [0.1, 0.15) is 0 Å². The molecule has 2 heterocycles. The predicted molar refractivity (Wildman–Crippen MR) is 123 cm³/mol. The summed E-state index contributed by atoms with van der Waals surface area (Å²) in [5, 5.41) is 6.21. The van der Waals surface area contributed by atoms with Gasteiger partial charge in [-0.3, -0.25) is 14.6 Å². The highest BCUT2D eigenvalue weighted by atomic mass is 35.5. The van der Waals surface area contributed by atoms with Gasteiger partial charge in [0.05, 0.1) is 11.7 Å². The Kier molecular flexibility index (Phi) is 6.79. The van der Waals surface area contributed by atoms with Crippen LogP contribution in [0.5, 0.6) is 0 Å². The summed E-state index contributed by atoms with van der Waals surface area (Å²) >= 11 is 7.60. The average molecular weight is 441 g/mol. The molecule has 1 fully saturated rings. The lowest BCUT2D eigenvalue weighted by molar-refractivity contribution is -0.114. The first kappa shape index (κ1) is 21.0. The van der Waals surface area contributed by atoms with Crippen molar-refractivity contribution < 1.29 is 4.79 Å². The molecule has 1 N–H and O–H groups in total. The number of piperazine rings is 1. The van der Waals surface area contributed by atoms with E-state index in [0.717, 1.165) is 43.4 Å². The molecule has 0 saturated carbocycles. The normalized spacial score (nSPS) is 16.3. The van der Waals surface area contributed by atoms with Gasteiger partial charge in [0.15, 0.2) is 5.13 Å². The molecule has 0 spiro atoms. The van der Waals surface area contributed by atoms with Crippen LogP contribution in [0.3, 0.4) is 0 Å². The van der Waals surface area contributed by atoms with Crippen molar-refractivity contribution in [3.05, 3.63) is 81.8 Å². The largest absolute Gasteiger partial charge is 0.302 e. The number of hydrogen-bond acceptors (Lipinski definition) is 5. The van der Waals surface area contributed by atoms with Gasteiger partial charge in [0.2, 0.25) is 5.91 Å². The third kappa shape index (κ3) is 5.26. The van der Waals surface area contributed by atoms with Gasteiger partial charge in [-0.05, 0) is 23.3 Å². The smallest absolute Gasteiger partial charge is 0.223 e. The minimum absolute atomic E-state index is 0.0846. The van der Waals surface area contributed by atoms with Crippen molar-refractivity contribution in [3.63, 3.8) is 0 Å². The molecule has 1 aromatic heterocycles. The quantitative estimate of drug-likeness (QED) is 0.605. The highest BCUT2D eigenvalue weighted by Crippen LogP contribution is 2.30. The number of thiazole rings is 1. The Bertz CT molecular complexity index is 968. The Morgan fingerprint density at radius 1 is 1.07 bits per heavy atom. The lowest BCUT2D eigenvalue weighted by Gasteiger charge is -2.39. The summed E-state index contributed by atoms with van der Waals surface area (Å²) in [6, 6.07) is 19.1. The van der Waals surface area contributed by atoms with Gasteiger partial charge < -0.3 is 5.32 Å². The predicted octanol–water partition coefficient (Wildman–Crippen LogP) is 4.66. The van der Waals surface area contributed by atoms with Crippen LogP contribution in [0, 0.1) is 0 Å². The lowest BCUT2D eigenvalue weighted by atomic mass is 9.96. The number of amides is 1. The first-order chi connectivity index (χ1) is 14.6. The molecular weight excluding hydrogens is 416 g/mol. The third-order valence-corrected chi connectivity index (χ3v) is 6.35. The van der Waals surface area contributed by atoms with E-state index in [9.17, 15) is 4.79 Å². The fraction of sp³-hybridized carbons (Fsp3) is 0.304. The Labute approximate surface area is 186 Å². The van der Waals surface area contributed by atoms with Gasteiger partial charge in [-0.15, -0.1) is 11.3 Å². The van der Waals surface area contributed by atoms with Crippen molar-refractivity contribution in [2.75, 3.05) is 31.5 Å². The number of carbonyl (C=O) groups is 1. The Hall–Kier alpha value is -2.25. The number of hydrogen-bond donors (Lipinski definition) is 1. The van der Waals surface area contributed by atoms with E-state index in [4.69, 9.17) is 11.6 Å². The highest BCUT2D eigenvalue weighted by Gasteiger charge is 2.26. The molecule has 1 unspecified atom stereocenters. The second-order valence-electron chi connectivity index (χ2n) is 7.50. The molecule has 0 radical (unpaired) electrons. The average Bonchev–Trinajstić information content (AvgIpc) is 3.18. The van der Waals surface area contributed by atoms with Gasteiger partial charge in [-0.2, -0.15) is 0 Å². The second-order valence-corrected chi connectivity index (χ2v) is 8.80. The summed E-state index contributed by atoms with van der Waals surface area (Å²) in [6.45, 7) is 6.22. The fourth-order valence-electron chi connectivity index (χ4n) is 3.89. The number of aromatic nitrogens is 1. The molecule has 1 atom stereocenters. The monoisotopic (exact) mass is 440 g/mol. The van der Waals surface area contributed by atoms with Crippen LogP contribution in [0.4, 0.5) is 5.13 Å². The van der Waals surface area contributed by atoms with Gasteiger partial charge in [-0.1, -0.05) is 54.1 Å². The number of nitrogens with one attached hydrogen (secondary N) is 1. The van der Waals surface area contributed by atoms with E-state index in [1.165, 1.54) is 29.4 Å². The number of anilines is 1. The Balaban J connectivity index is 1.43. The zero-order valence-corrected chi connectivity index (χ0v) is 18.5. The summed E-state index contributed by atoms with van der Waals surface area (Å²) in [4.78, 5) is 20.7. The van der Waals surface area contributed by atoms with Crippen LogP contribution in [0.1, 0.15) is 29.8 Å². The SMILES string of the molecule is CC(=O)Nc1nc(CN2CCN(C(c3ccccc3)c3ccc(Cl)cc3)CC2)cs1. The standard InChI is InChI=1S/C23H25ClN4OS/c1-17(29)25-23-26-21(16-30-23)15-27-11-13-28(14-12-27)22(18-5-3-2-4-6-18)19-7-9-20(24)10-8-19/h2-10,16,22H,11-15H2,1H3,(H,25,26,29). The second kappa shape index (κ2) is 9.71. The summed E-state index contributed by atoms with van der Waals surface area (Å²) in [6.07, 6.45) is 0. The van der Waals surface area contributed by atoms with Crippen LogP contribution >= 0.6 is 22.9 Å². The van der Waals surface area contributed by atoms with Crippen molar-refractivity contribution in [2.24, 2.45) is 0 Å². The molecule has 2 aromatic carbocycles. The molecule has 4 rings (SSSR count). The van der Waals surface area contributed by atoms with Crippen molar-refractivity contribution in [1.29, 1.82) is 0 Å².